The maximum atomic E-state index is 13.3. The van der Waals surface area contributed by atoms with Gasteiger partial charge in [0.05, 0.1) is 30.2 Å². The summed E-state index contributed by atoms with van der Waals surface area (Å²) in [6.45, 7) is 6.59. The van der Waals surface area contributed by atoms with E-state index in [1.165, 1.54) is 6.33 Å². The second-order valence-corrected chi connectivity index (χ2v) is 8.38. The van der Waals surface area contributed by atoms with Gasteiger partial charge in [0, 0.05) is 18.7 Å². The van der Waals surface area contributed by atoms with Crippen molar-refractivity contribution >= 4 is 16.9 Å². The highest BCUT2D eigenvalue weighted by molar-refractivity contribution is 5.88. The Morgan fingerprint density at radius 2 is 2.06 bits per heavy atom. The molecule has 0 radical (unpaired) electrons. The molecule has 0 bridgehead atoms. The molecular formula is C22H24F3N5O2. The van der Waals surface area contributed by atoms with Crippen LogP contribution in [-0.4, -0.2) is 58.3 Å². The van der Waals surface area contributed by atoms with Crippen molar-refractivity contribution in [3.8, 4) is 5.75 Å². The molecule has 10 heteroatoms. The minimum atomic E-state index is -4.49. The third-order valence-electron chi connectivity index (χ3n) is 6.06. The first-order valence-electron chi connectivity index (χ1n) is 10.6. The van der Waals surface area contributed by atoms with Crippen LogP contribution >= 0.6 is 0 Å². The van der Waals surface area contributed by atoms with Crippen molar-refractivity contribution in [1.29, 1.82) is 0 Å². The average molecular weight is 447 g/mol. The van der Waals surface area contributed by atoms with Gasteiger partial charge in [0.2, 0.25) is 0 Å². The normalized spacial score (nSPS) is 24.2. The molecule has 3 aromatic rings. The van der Waals surface area contributed by atoms with E-state index in [0.717, 1.165) is 36.0 Å². The summed E-state index contributed by atoms with van der Waals surface area (Å²) < 4.78 is 51.6. The fourth-order valence-electron chi connectivity index (χ4n) is 4.49. The third-order valence-corrected chi connectivity index (χ3v) is 6.06. The van der Waals surface area contributed by atoms with Gasteiger partial charge in [-0.2, -0.15) is 13.2 Å². The summed E-state index contributed by atoms with van der Waals surface area (Å²) in [7, 11) is 0. The van der Waals surface area contributed by atoms with Crippen LogP contribution in [0.25, 0.3) is 11.0 Å². The lowest BCUT2D eigenvalue weighted by Gasteiger charge is -2.43. The number of nitrogens with one attached hydrogen (secondary N) is 2. The van der Waals surface area contributed by atoms with Gasteiger partial charge in [-0.25, -0.2) is 9.97 Å². The zero-order chi connectivity index (χ0) is 22.5. The molecule has 0 unspecified atom stereocenters. The maximum Gasteiger partial charge on any atom is 0.431 e. The summed E-state index contributed by atoms with van der Waals surface area (Å²) in [5.74, 6) is 1.13. The predicted octanol–water partition coefficient (Wildman–Crippen LogP) is 3.92. The molecule has 4 heterocycles. The molecule has 1 aromatic carbocycles. The summed E-state index contributed by atoms with van der Waals surface area (Å²) >= 11 is 0. The number of ether oxygens (including phenoxy) is 2. The van der Waals surface area contributed by atoms with E-state index in [9.17, 15) is 13.2 Å². The van der Waals surface area contributed by atoms with Crippen LogP contribution in [-0.2, 0) is 10.9 Å². The Labute approximate surface area is 182 Å². The lowest BCUT2D eigenvalue weighted by atomic mass is 9.93. The lowest BCUT2D eigenvalue weighted by Crippen LogP contribution is -2.54. The van der Waals surface area contributed by atoms with Crippen LogP contribution in [0.15, 0.2) is 30.6 Å². The first kappa shape index (κ1) is 21.0. The number of anilines is 1. The van der Waals surface area contributed by atoms with Gasteiger partial charge >= 0.3 is 6.18 Å². The molecule has 2 N–H and O–H groups in total. The number of hydrogen-bond donors (Lipinski definition) is 2. The standard InChI is InChI=1S/C22H24F3N5O2/c1-12-3-4-14-17(7-12)32-10-16(30-5-6-31-13(2)9-30)19(14)29-21-15-8-18(22(23,24)25)28-20(15)26-11-27-21/h3-4,7-8,11,13,16,19H,5-6,9-10H2,1-2H3,(H2,26,27,28,29)/t13-,16+,19+/m1/s1. The zero-order valence-electron chi connectivity index (χ0n) is 17.7. The number of alkyl halides is 3. The predicted molar refractivity (Wildman–Crippen MR) is 113 cm³/mol. The third kappa shape index (κ3) is 3.88. The van der Waals surface area contributed by atoms with Crippen molar-refractivity contribution < 1.29 is 22.6 Å². The molecule has 0 saturated carbocycles. The quantitative estimate of drug-likeness (QED) is 0.634. The van der Waals surface area contributed by atoms with Crippen molar-refractivity contribution in [2.75, 3.05) is 31.6 Å². The number of aryl methyl sites for hydroxylation is 1. The van der Waals surface area contributed by atoms with E-state index in [1.54, 1.807) is 0 Å². The molecule has 5 rings (SSSR count). The molecule has 0 aliphatic carbocycles. The molecule has 2 aliphatic heterocycles. The second-order valence-electron chi connectivity index (χ2n) is 8.38. The van der Waals surface area contributed by atoms with E-state index in [1.807, 2.05) is 32.0 Å². The van der Waals surface area contributed by atoms with Crippen LogP contribution in [0.3, 0.4) is 0 Å². The number of morpholine rings is 1. The molecule has 3 atom stereocenters. The SMILES string of the molecule is Cc1ccc2c(c1)OC[C@H](N1CCO[C@H](C)C1)[C@H]2Nc1ncnc2[nH]c(C(F)(F)F)cc12. The van der Waals surface area contributed by atoms with E-state index in [0.29, 0.717) is 24.4 Å². The summed E-state index contributed by atoms with van der Waals surface area (Å²) in [6.07, 6.45) is -3.14. The van der Waals surface area contributed by atoms with Gasteiger partial charge in [0.25, 0.3) is 0 Å². The molecule has 1 fully saturated rings. The van der Waals surface area contributed by atoms with Crippen LogP contribution in [0.1, 0.15) is 29.8 Å². The molecule has 1 saturated heterocycles. The van der Waals surface area contributed by atoms with Gasteiger partial charge in [-0.3, -0.25) is 4.90 Å². The Morgan fingerprint density at radius 3 is 2.84 bits per heavy atom. The van der Waals surface area contributed by atoms with Gasteiger partial charge in [-0.15, -0.1) is 0 Å². The topological polar surface area (TPSA) is 75.3 Å². The fourth-order valence-corrected chi connectivity index (χ4v) is 4.49. The largest absolute Gasteiger partial charge is 0.491 e. The van der Waals surface area contributed by atoms with Gasteiger partial charge in [-0.05, 0) is 31.5 Å². The maximum absolute atomic E-state index is 13.3. The molecular weight excluding hydrogens is 423 g/mol. The smallest absolute Gasteiger partial charge is 0.431 e. The molecule has 2 aliphatic rings. The Bertz CT molecular complexity index is 1130. The van der Waals surface area contributed by atoms with Crippen molar-refractivity contribution in [2.24, 2.45) is 0 Å². The van der Waals surface area contributed by atoms with Crippen molar-refractivity contribution in [3.05, 3.63) is 47.4 Å². The highest BCUT2D eigenvalue weighted by atomic mass is 19.4. The second kappa shape index (κ2) is 7.93. The first-order valence-corrected chi connectivity index (χ1v) is 10.6. The summed E-state index contributed by atoms with van der Waals surface area (Å²) in [5, 5.41) is 3.73. The van der Waals surface area contributed by atoms with Crippen molar-refractivity contribution in [2.45, 2.75) is 38.2 Å². The van der Waals surface area contributed by atoms with E-state index in [-0.39, 0.29) is 23.8 Å². The van der Waals surface area contributed by atoms with E-state index >= 15 is 0 Å². The van der Waals surface area contributed by atoms with Crippen LogP contribution in [0.2, 0.25) is 0 Å². The van der Waals surface area contributed by atoms with Gasteiger partial charge in [0.1, 0.15) is 35.8 Å². The number of fused-ring (bicyclic) bond motifs is 2. The van der Waals surface area contributed by atoms with Crippen LogP contribution < -0.4 is 10.1 Å². The van der Waals surface area contributed by atoms with E-state index in [2.05, 4.69) is 25.2 Å². The lowest BCUT2D eigenvalue weighted by molar-refractivity contribution is -0.140. The molecule has 170 valence electrons. The molecule has 0 amide bonds. The molecule has 7 nitrogen and oxygen atoms in total. The number of aromatic nitrogens is 3. The fraction of sp³-hybridized carbons (Fsp3) is 0.455. The number of rotatable bonds is 3. The van der Waals surface area contributed by atoms with E-state index in [4.69, 9.17) is 9.47 Å². The number of benzene rings is 1. The van der Waals surface area contributed by atoms with Crippen LogP contribution in [0.4, 0.5) is 19.0 Å². The molecule has 0 spiro atoms. The minimum Gasteiger partial charge on any atom is -0.491 e. The van der Waals surface area contributed by atoms with E-state index < -0.39 is 11.9 Å². The molecule has 32 heavy (non-hydrogen) atoms. The minimum absolute atomic E-state index is 0.0393. The van der Waals surface area contributed by atoms with Crippen molar-refractivity contribution in [1.82, 2.24) is 19.9 Å². The monoisotopic (exact) mass is 447 g/mol. The number of aromatic amines is 1. The summed E-state index contributed by atoms with van der Waals surface area (Å²) in [6, 6.07) is 6.79. The van der Waals surface area contributed by atoms with Crippen molar-refractivity contribution in [3.63, 3.8) is 0 Å². The number of hydrogen-bond acceptors (Lipinski definition) is 6. The Balaban J connectivity index is 1.55. The van der Waals surface area contributed by atoms with Gasteiger partial charge < -0.3 is 19.8 Å². The Kier molecular flexibility index (Phi) is 5.21. The Hall–Kier alpha value is -2.85. The van der Waals surface area contributed by atoms with Gasteiger partial charge in [-0.1, -0.05) is 12.1 Å². The summed E-state index contributed by atoms with van der Waals surface area (Å²) in [5.41, 5.74) is 1.32. The number of nitrogens with zero attached hydrogens (tertiary/aromatic N) is 3. The highest BCUT2D eigenvalue weighted by Gasteiger charge is 2.38. The average Bonchev–Trinajstić information content (AvgIpc) is 3.20. The Morgan fingerprint density at radius 1 is 1.22 bits per heavy atom. The van der Waals surface area contributed by atoms with Crippen LogP contribution in [0, 0.1) is 6.92 Å². The first-order chi connectivity index (χ1) is 15.3. The summed E-state index contributed by atoms with van der Waals surface area (Å²) in [4.78, 5) is 12.9. The highest BCUT2D eigenvalue weighted by Crippen LogP contribution is 2.39. The number of H-pyrrole nitrogens is 1. The molecule has 2 aromatic heterocycles. The van der Waals surface area contributed by atoms with Gasteiger partial charge in [0.15, 0.2) is 0 Å². The van der Waals surface area contributed by atoms with Crippen LogP contribution in [0.5, 0.6) is 5.75 Å². The zero-order valence-corrected chi connectivity index (χ0v) is 17.7. The number of halogens is 3.